The lowest BCUT2D eigenvalue weighted by Gasteiger charge is -2.47. The molecule has 3 heterocycles. The van der Waals surface area contributed by atoms with Crippen LogP contribution in [0.2, 0.25) is 0 Å². The molecular weight excluding hydrogens is 328 g/mol. The van der Waals surface area contributed by atoms with Gasteiger partial charge in [-0.05, 0) is 11.6 Å². The number of amides is 2. The Morgan fingerprint density at radius 1 is 1.19 bits per heavy atom. The molecule has 2 aromatic rings. The van der Waals surface area contributed by atoms with Crippen molar-refractivity contribution in [2.24, 2.45) is 0 Å². The van der Waals surface area contributed by atoms with E-state index < -0.39 is 5.66 Å². The topological polar surface area (TPSA) is 69.3 Å². The molecule has 1 saturated heterocycles. The van der Waals surface area contributed by atoms with Crippen LogP contribution in [0.15, 0.2) is 42.6 Å². The van der Waals surface area contributed by atoms with E-state index in [2.05, 4.69) is 6.07 Å². The van der Waals surface area contributed by atoms with Gasteiger partial charge in [0, 0.05) is 26.2 Å². The van der Waals surface area contributed by atoms with Gasteiger partial charge in [-0.25, -0.2) is 0 Å². The fourth-order valence-electron chi connectivity index (χ4n) is 3.94. The van der Waals surface area contributed by atoms with Crippen LogP contribution >= 0.6 is 0 Å². The lowest BCUT2D eigenvalue weighted by molar-refractivity contribution is -0.138. The molecule has 1 fully saturated rings. The van der Waals surface area contributed by atoms with E-state index >= 15 is 0 Å². The Balaban J connectivity index is 0.000000948. The Labute approximate surface area is 153 Å². The summed E-state index contributed by atoms with van der Waals surface area (Å²) in [7, 11) is 0. The molecule has 1 unspecified atom stereocenters. The summed E-state index contributed by atoms with van der Waals surface area (Å²) in [6.45, 7) is 6.95. The number of hydrogen-bond acceptors (Lipinski definition) is 3. The maximum atomic E-state index is 13.0. The maximum Gasteiger partial charge on any atom is 0.272 e. The van der Waals surface area contributed by atoms with Crippen LogP contribution in [-0.4, -0.2) is 39.3 Å². The molecular formula is C20H22N4O2. The highest BCUT2D eigenvalue weighted by Gasteiger charge is 2.55. The Morgan fingerprint density at radius 2 is 1.88 bits per heavy atom. The highest BCUT2D eigenvalue weighted by molar-refractivity contribution is 5.95. The number of rotatable bonds is 1. The molecule has 1 aromatic carbocycles. The van der Waals surface area contributed by atoms with Crippen LogP contribution in [0.4, 0.5) is 0 Å². The summed E-state index contributed by atoms with van der Waals surface area (Å²) in [4.78, 5) is 28.8. The zero-order chi connectivity index (χ0) is 18.9. The molecule has 6 heteroatoms. The second-order valence-corrected chi connectivity index (χ2v) is 6.16. The lowest BCUT2D eigenvalue weighted by atomic mass is 9.94. The summed E-state index contributed by atoms with van der Waals surface area (Å²) in [6, 6.07) is 13.3. The second-order valence-electron chi connectivity index (χ2n) is 6.16. The van der Waals surface area contributed by atoms with Crippen molar-refractivity contribution in [2.45, 2.75) is 33.0 Å². The first kappa shape index (κ1) is 17.7. The van der Waals surface area contributed by atoms with Crippen molar-refractivity contribution in [2.75, 3.05) is 13.1 Å². The van der Waals surface area contributed by atoms with Crippen molar-refractivity contribution in [1.29, 1.82) is 5.26 Å². The number of nitriles is 1. The van der Waals surface area contributed by atoms with Gasteiger partial charge in [0.2, 0.25) is 5.91 Å². The normalized spacial score (nSPS) is 20.6. The number of carbonyl (C=O) groups is 2. The summed E-state index contributed by atoms with van der Waals surface area (Å²) in [5, 5.41) is 9.14. The SMILES string of the molecule is CC.CC(=O)N1CCN2C(=O)c3cc(C#N)cn3CC12c1ccccc1. The third-order valence-corrected chi connectivity index (χ3v) is 4.94. The zero-order valence-corrected chi connectivity index (χ0v) is 15.3. The van der Waals surface area contributed by atoms with E-state index in [1.807, 2.05) is 44.2 Å². The molecule has 1 aromatic heterocycles. The second kappa shape index (κ2) is 6.68. The first-order chi connectivity index (χ1) is 12.6. The highest BCUT2D eigenvalue weighted by atomic mass is 16.2. The van der Waals surface area contributed by atoms with E-state index in [1.165, 1.54) is 6.92 Å². The van der Waals surface area contributed by atoms with Crippen molar-refractivity contribution in [3.8, 4) is 6.07 Å². The minimum atomic E-state index is -0.830. The van der Waals surface area contributed by atoms with Gasteiger partial charge in [0.05, 0.1) is 12.1 Å². The molecule has 0 bridgehead atoms. The maximum absolute atomic E-state index is 13.0. The lowest BCUT2D eigenvalue weighted by Crippen LogP contribution is -2.59. The van der Waals surface area contributed by atoms with Gasteiger partial charge in [-0.3, -0.25) is 9.59 Å². The Bertz CT molecular complexity index is 881. The molecule has 0 saturated carbocycles. The third-order valence-electron chi connectivity index (χ3n) is 4.94. The van der Waals surface area contributed by atoms with Crippen molar-refractivity contribution < 1.29 is 9.59 Å². The molecule has 2 amide bonds. The Morgan fingerprint density at radius 3 is 2.50 bits per heavy atom. The summed E-state index contributed by atoms with van der Waals surface area (Å²) in [5.41, 5.74) is 1.03. The Hall–Kier alpha value is -3.07. The fraction of sp³-hybridized carbons (Fsp3) is 0.350. The molecule has 1 atom stereocenters. The molecule has 6 nitrogen and oxygen atoms in total. The molecule has 0 radical (unpaired) electrons. The minimum Gasteiger partial charge on any atom is -0.338 e. The van der Waals surface area contributed by atoms with Gasteiger partial charge in [0.1, 0.15) is 11.8 Å². The smallest absolute Gasteiger partial charge is 0.272 e. The molecule has 26 heavy (non-hydrogen) atoms. The standard InChI is InChI=1S/C18H16N4O2.C2H6/c1-13(23)21-7-8-22-17(24)16-9-14(10-19)11-20(16)12-18(21,22)15-5-3-2-4-6-15;1-2/h2-6,9,11H,7-8,12H2,1H3;1-2H3. The molecule has 0 N–H and O–H groups in total. The number of benzene rings is 1. The first-order valence-electron chi connectivity index (χ1n) is 8.84. The van der Waals surface area contributed by atoms with E-state index in [0.717, 1.165) is 5.56 Å². The van der Waals surface area contributed by atoms with Crippen molar-refractivity contribution in [3.63, 3.8) is 0 Å². The minimum absolute atomic E-state index is 0.0646. The van der Waals surface area contributed by atoms with Gasteiger partial charge in [0.25, 0.3) is 5.91 Å². The molecule has 0 aliphatic carbocycles. The van der Waals surface area contributed by atoms with Crippen molar-refractivity contribution in [1.82, 2.24) is 14.4 Å². The van der Waals surface area contributed by atoms with Gasteiger partial charge in [0.15, 0.2) is 5.66 Å². The van der Waals surface area contributed by atoms with Crippen LogP contribution < -0.4 is 0 Å². The van der Waals surface area contributed by atoms with E-state index in [0.29, 0.717) is 30.9 Å². The number of fused-ring (bicyclic) bond motifs is 2. The van der Waals surface area contributed by atoms with E-state index in [-0.39, 0.29) is 11.8 Å². The predicted octanol–water partition coefficient (Wildman–Crippen LogP) is 2.56. The quantitative estimate of drug-likeness (QED) is 0.794. The number of carbonyl (C=O) groups excluding carboxylic acids is 2. The number of hydrogen-bond donors (Lipinski definition) is 0. The monoisotopic (exact) mass is 350 g/mol. The predicted molar refractivity (Wildman–Crippen MR) is 97.0 cm³/mol. The Kier molecular flexibility index (Phi) is 4.56. The first-order valence-corrected chi connectivity index (χ1v) is 8.84. The fourth-order valence-corrected chi connectivity index (χ4v) is 3.94. The third kappa shape index (κ3) is 2.39. The van der Waals surface area contributed by atoms with Crippen molar-refractivity contribution >= 4 is 11.8 Å². The summed E-state index contributed by atoms with van der Waals surface area (Å²) in [5.74, 6) is -0.208. The number of aromatic nitrogens is 1. The summed E-state index contributed by atoms with van der Waals surface area (Å²) in [6.07, 6.45) is 1.69. The van der Waals surface area contributed by atoms with E-state index in [4.69, 9.17) is 5.26 Å². The largest absolute Gasteiger partial charge is 0.338 e. The average molecular weight is 350 g/mol. The van der Waals surface area contributed by atoms with Crippen LogP contribution in [0.1, 0.15) is 42.4 Å². The molecule has 0 spiro atoms. The summed E-state index contributed by atoms with van der Waals surface area (Å²) >= 11 is 0. The van der Waals surface area contributed by atoms with Crippen LogP contribution in [0.25, 0.3) is 0 Å². The molecule has 2 aliphatic heterocycles. The van der Waals surface area contributed by atoms with Crippen LogP contribution in [0, 0.1) is 11.3 Å². The van der Waals surface area contributed by atoms with Crippen LogP contribution in [-0.2, 0) is 17.0 Å². The van der Waals surface area contributed by atoms with Gasteiger partial charge in [-0.1, -0.05) is 44.2 Å². The molecule has 4 rings (SSSR count). The summed E-state index contributed by atoms with van der Waals surface area (Å²) < 4.78 is 1.80. The molecule has 2 aliphatic rings. The van der Waals surface area contributed by atoms with E-state index in [1.54, 1.807) is 26.6 Å². The van der Waals surface area contributed by atoms with Gasteiger partial charge in [-0.2, -0.15) is 5.26 Å². The van der Waals surface area contributed by atoms with Gasteiger partial charge >= 0.3 is 0 Å². The molecule has 134 valence electrons. The number of nitrogens with zero attached hydrogens (tertiary/aromatic N) is 4. The highest BCUT2D eigenvalue weighted by Crippen LogP contribution is 2.42. The van der Waals surface area contributed by atoms with Crippen LogP contribution in [0.5, 0.6) is 0 Å². The van der Waals surface area contributed by atoms with Gasteiger partial charge < -0.3 is 14.4 Å². The van der Waals surface area contributed by atoms with Crippen LogP contribution in [0.3, 0.4) is 0 Å². The average Bonchev–Trinajstić information content (AvgIpc) is 3.26. The van der Waals surface area contributed by atoms with E-state index in [9.17, 15) is 9.59 Å². The zero-order valence-electron chi connectivity index (χ0n) is 15.3. The van der Waals surface area contributed by atoms with Crippen molar-refractivity contribution in [3.05, 3.63) is 59.4 Å². The van der Waals surface area contributed by atoms with Gasteiger partial charge in [-0.15, -0.1) is 0 Å².